The van der Waals surface area contributed by atoms with Crippen molar-refractivity contribution in [1.29, 1.82) is 0 Å². The molecule has 1 nitrogen and oxygen atoms in total. The first-order valence-electron chi connectivity index (χ1n) is 6.73. The van der Waals surface area contributed by atoms with Gasteiger partial charge in [-0.05, 0) is 55.8 Å². The summed E-state index contributed by atoms with van der Waals surface area (Å²) in [5.41, 5.74) is 4.15. The lowest BCUT2D eigenvalue weighted by Gasteiger charge is -2.19. The summed E-state index contributed by atoms with van der Waals surface area (Å²) in [5, 5.41) is 3.44. The van der Waals surface area contributed by atoms with Gasteiger partial charge in [-0.1, -0.05) is 40.2 Å². The van der Waals surface area contributed by atoms with Gasteiger partial charge in [-0.2, -0.15) is 0 Å². The summed E-state index contributed by atoms with van der Waals surface area (Å²) in [6, 6.07) is 15.4. The van der Waals surface area contributed by atoms with Gasteiger partial charge in [-0.15, -0.1) is 11.8 Å². The first kappa shape index (κ1) is 15.6. The maximum atomic E-state index is 3.52. The van der Waals surface area contributed by atoms with E-state index in [1.54, 1.807) is 0 Å². The van der Waals surface area contributed by atoms with Crippen molar-refractivity contribution in [3.05, 3.63) is 63.6 Å². The van der Waals surface area contributed by atoms with Gasteiger partial charge in [0, 0.05) is 21.2 Å². The van der Waals surface area contributed by atoms with Crippen LogP contribution in [0.5, 0.6) is 0 Å². The third kappa shape index (κ3) is 3.87. The van der Waals surface area contributed by atoms with Crippen LogP contribution in [0.25, 0.3) is 0 Å². The summed E-state index contributed by atoms with van der Waals surface area (Å²) in [7, 11) is 2.04. The lowest BCUT2D eigenvalue weighted by Crippen LogP contribution is -2.20. The van der Waals surface area contributed by atoms with Crippen LogP contribution in [0.3, 0.4) is 0 Å². The molecular formula is C17H20BrNS. The molecule has 0 radical (unpaired) electrons. The number of aryl methyl sites for hydroxylation is 1. The molecule has 0 aliphatic rings. The molecule has 0 bridgehead atoms. The molecule has 1 unspecified atom stereocenters. The fourth-order valence-corrected chi connectivity index (χ4v) is 3.86. The Balaban J connectivity index is 2.11. The first-order valence-corrected chi connectivity index (χ1v) is 8.51. The highest BCUT2D eigenvalue weighted by atomic mass is 79.9. The zero-order chi connectivity index (χ0) is 14.5. The lowest BCUT2D eigenvalue weighted by atomic mass is 9.98. The van der Waals surface area contributed by atoms with Gasteiger partial charge in [0.15, 0.2) is 0 Å². The molecule has 0 spiro atoms. The minimum absolute atomic E-state index is 0.374. The van der Waals surface area contributed by atoms with Gasteiger partial charge >= 0.3 is 0 Å². The maximum Gasteiger partial charge on any atom is 0.0415 e. The van der Waals surface area contributed by atoms with E-state index >= 15 is 0 Å². The molecule has 1 N–H and O–H groups in total. The molecule has 2 rings (SSSR count). The quantitative estimate of drug-likeness (QED) is 0.752. The number of halogens is 1. The highest BCUT2D eigenvalue weighted by molar-refractivity contribution is 9.10. The van der Waals surface area contributed by atoms with Crippen LogP contribution in [-0.4, -0.2) is 12.8 Å². The minimum Gasteiger partial charge on any atom is -0.312 e. The van der Waals surface area contributed by atoms with Gasteiger partial charge in [0.2, 0.25) is 0 Å². The second kappa shape index (κ2) is 7.30. The standard InChI is InChI=1S/C17H20BrNS/c1-12-6-4-9-16(13(12)2)17(19-3)11-20-15-8-5-7-14(18)10-15/h4-10,17,19H,11H2,1-3H3. The molecular weight excluding hydrogens is 330 g/mol. The highest BCUT2D eigenvalue weighted by Crippen LogP contribution is 2.28. The van der Waals surface area contributed by atoms with Gasteiger partial charge < -0.3 is 5.32 Å². The number of thioether (sulfide) groups is 1. The number of nitrogens with one attached hydrogen (secondary N) is 1. The molecule has 2 aromatic rings. The molecule has 0 aromatic heterocycles. The molecule has 0 fully saturated rings. The Hall–Kier alpha value is -0.770. The van der Waals surface area contributed by atoms with Gasteiger partial charge in [0.05, 0.1) is 0 Å². The van der Waals surface area contributed by atoms with E-state index in [-0.39, 0.29) is 0 Å². The van der Waals surface area contributed by atoms with Gasteiger partial charge in [0.25, 0.3) is 0 Å². The smallest absolute Gasteiger partial charge is 0.0415 e. The molecule has 0 saturated heterocycles. The summed E-state index contributed by atoms with van der Waals surface area (Å²) in [4.78, 5) is 1.30. The van der Waals surface area contributed by atoms with E-state index < -0.39 is 0 Å². The van der Waals surface area contributed by atoms with Crippen molar-refractivity contribution in [2.24, 2.45) is 0 Å². The van der Waals surface area contributed by atoms with Crippen LogP contribution in [0.2, 0.25) is 0 Å². The molecule has 0 aliphatic carbocycles. The summed E-state index contributed by atoms with van der Waals surface area (Å²) >= 11 is 5.41. The third-order valence-electron chi connectivity index (χ3n) is 3.58. The van der Waals surface area contributed by atoms with Gasteiger partial charge in [-0.3, -0.25) is 0 Å². The maximum absolute atomic E-state index is 3.52. The van der Waals surface area contributed by atoms with E-state index in [0.717, 1.165) is 10.2 Å². The second-order valence-electron chi connectivity index (χ2n) is 4.90. The van der Waals surface area contributed by atoms with Crippen molar-refractivity contribution in [3.63, 3.8) is 0 Å². The van der Waals surface area contributed by atoms with Crippen LogP contribution in [0, 0.1) is 13.8 Å². The van der Waals surface area contributed by atoms with E-state index in [4.69, 9.17) is 0 Å². The number of benzene rings is 2. The monoisotopic (exact) mass is 349 g/mol. The van der Waals surface area contributed by atoms with Crippen molar-refractivity contribution in [1.82, 2.24) is 5.32 Å². The van der Waals surface area contributed by atoms with Crippen LogP contribution >= 0.6 is 27.7 Å². The predicted octanol–water partition coefficient (Wildman–Crippen LogP) is 5.12. The molecule has 0 amide bonds. The largest absolute Gasteiger partial charge is 0.312 e. The van der Waals surface area contributed by atoms with E-state index in [1.807, 2.05) is 18.8 Å². The number of hydrogen-bond donors (Lipinski definition) is 1. The Morgan fingerprint density at radius 1 is 1.15 bits per heavy atom. The van der Waals surface area contributed by atoms with E-state index in [2.05, 4.69) is 77.6 Å². The van der Waals surface area contributed by atoms with E-state index in [0.29, 0.717) is 6.04 Å². The highest BCUT2D eigenvalue weighted by Gasteiger charge is 2.13. The Kier molecular flexibility index (Phi) is 5.70. The molecule has 3 heteroatoms. The summed E-state index contributed by atoms with van der Waals surface area (Å²) in [5.74, 6) is 1.03. The Morgan fingerprint density at radius 2 is 1.90 bits per heavy atom. The fourth-order valence-electron chi connectivity index (χ4n) is 2.22. The van der Waals surface area contributed by atoms with Crippen molar-refractivity contribution in [3.8, 4) is 0 Å². The lowest BCUT2D eigenvalue weighted by molar-refractivity contribution is 0.657. The Morgan fingerprint density at radius 3 is 2.60 bits per heavy atom. The topological polar surface area (TPSA) is 12.0 Å². The summed E-state index contributed by atoms with van der Waals surface area (Å²) in [6.07, 6.45) is 0. The minimum atomic E-state index is 0.374. The molecule has 0 heterocycles. The number of rotatable bonds is 5. The number of hydrogen-bond acceptors (Lipinski definition) is 2. The van der Waals surface area contributed by atoms with Crippen LogP contribution in [0.1, 0.15) is 22.7 Å². The summed E-state index contributed by atoms with van der Waals surface area (Å²) in [6.45, 7) is 4.38. The average Bonchev–Trinajstić information content (AvgIpc) is 2.44. The Bertz CT molecular complexity index is 583. The molecule has 0 saturated carbocycles. The van der Waals surface area contributed by atoms with E-state index in [9.17, 15) is 0 Å². The zero-order valence-corrected chi connectivity index (χ0v) is 14.5. The predicted molar refractivity (Wildman–Crippen MR) is 92.6 cm³/mol. The van der Waals surface area contributed by atoms with Crippen LogP contribution in [0.4, 0.5) is 0 Å². The molecule has 106 valence electrons. The SMILES string of the molecule is CNC(CSc1cccc(Br)c1)c1cccc(C)c1C. The van der Waals surface area contributed by atoms with Gasteiger partial charge in [0.1, 0.15) is 0 Å². The normalized spacial score (nSPS) is 12.4. The first-order chi connectivity index (χ1) is 9.61. The molecule has 20 heavy (non-hydrogen) atoms. The van der Waals surface area contributed by atoms with Crippen LogP contribution in [0.15, 0.2) is 51.8 Å². The van der Waals surface area contributed by atoms with Crippen LogP contribution < -0.4 is 5.32 Å². The van der Waals surface area contributed by atoms with Crippen molar-refractivity contribution < 1.29 is 0 Å². The summed E-state index contributed by atoms with van der Waals surface area (Å²) < 4.78 is 1.13. The molecule has 0 aliphatic heterocycles. The van der Waals surface area contributed by atoms with E-state index in [1.165, 1.54) is 21.6 Å². The van der Waals surface area contributed by atoms with Crippen molar-refractivity contribution in [2.45, 2.75) is 24.8 Å². The molecule has 2 aromatic carbocycles. The van der Waals surface area contributed by atoms with Crippen molar-refractivity contribution >= 4 is 27.7 Å². The zero-order valence-electron chi connectivity index (χ0n) is 12.1. The second-order valence-corrected chi connectivity index (χ2v) is 6.91. The van der Waals surface area contributed by atoms with Crippen molar-refractivity contribution in [2.75, 3.05) is 12.8 Å². The third-order valence-corrected chi connectivity index (χ3v) is 5.16. The fraction of sp³-hybridized carbons (Fsp3) is 0.294. The Labute approximate surface area is 134 Å². The molecule has 1 atom stereocenters. The van der Waals surface area contributed by atoms with Gasteiger partial charge in [-0.25, -0.2) is 0 Å². The van der Waals surface area contributed by atoms with Crippen LogP contribution in [-0.2, 0) is 0 Å². The average molecular weight is 350 g/mol.